The largest absolute Gasteiger partial charge is 0.494 e. The summed E-state index contributed by atoms with van der Waals surface area (Å²) in [6, 6.07) is 5.88. The van der Waals surface area contributed by atoms with Gasteiger partial charge < -0.3 is 4.74 Å². The van der Waals surface area contributed by atoms with Crippen LogP contribution < -0.4 is 4.74 Å². The normalized spacial score (nSPS) is 10.2. The fraction of sp³-hybridized carbons (Fsp3) is 0.417. The first-order valence-corrected chi connectivity index (χ1v) is 7.33. The van der Waals surface area contributed by atoms with Gasteiger partial charge in [-0.25, -0.2) is 0 Å². The Hall–Kier alpha value is -0.350. The lowest BCUT2D eigenvalue weighted by molar-refractivity contribution is -0.115. The number of benzene rings is 1. The molecule has 1 rings (SSSR count). The predicted molar refractivity (Wildman–Crippen MR) is 72.7 cm³/mol. The SMILES string of the molecule is CCOc1ccc(CC(=O)CBr)cc1CBr. The summed E-state index contributed by atoms with van der Waals surface area (Å²) in [4.78, 5) is 11.3. The van der Waals surface area contributed by atoms with Crippen molar-refractivity contribution in [3.8, 4) is 5.75 Å². The summed E-state index contributed by atoms with van der Waals surface area (Å²) in [5.41, 5.74) is 2.11. The third kappa shape index (κ3) is 3.91. The van der Waals surface area contributed by atoms with Crippen molar-refractivity contribution in [3.05, 3.63) is 29.3 Å². The fourth-order valence-corrected chi connectivity index (χ4v) is 2.05. The van der Waals surface area contributed by atoms with Gasteiger partial charge in [0.1, 0.15) is 11.5 Å². The van der Waals surface area contributed by atoms with E-state index < -0.39 is 0 Å². The molecule has 0 aliphatic carbocycles. The van der Waals surface area contributed by atoms with Crippen molar-refractivity contribution in [2.45, 2.75) is 18.7 Å². The highest BCUT2D eigenvalue weighted by Gasteiger charge is 2.06. The van der Waals surface area contributed by atoms with Crippen molar-refractivity contribution >= 4 is 37.6 Å². The van der Waals surface area contributed by atoms with E-state index in [1.807, 2.05) is 25.1 Å². The number of ether oxygens (including phenoxy) is 1. The first-order chi connectivity index (χ1) is 7.71. The quantitative estimate of drug-likeness (QED) is 0.735. The van der Waals surface area contributed by atoms with E-state index in [4.69, 9.17) is 4.74 Å². The molecule has 0 bridgehead atoms. The van der Waals surface area contributed by atoms with Gasteiger partial charge in [0.25, 0.3) is 0 Å². The Balaban J connectivity index is 2.86. The van der Waals surface area contributed by atoms with Gasteiger partial charge in [-0.2, -0.15) is 0 Å². The smallest absolute Gasteiger partial charge is 0.147 e. The minimum atomic E-state index is 0.185. The van der Waals surface area contributed by atoms with Gasteiger partial charge in [0.05, 0.1) is 11.9 Å². The van der Waals surface area contributed by atoms with E-state index >= 15 is 0 Å². The molecule has 4 heteroatoms. The lowest BCUT2D eigenvalue weighted by Gasteiger charge is -2.09. The van der Waals surface area contributed by atoms with Crippen LogP contribution in [0.4, 0.5) is 0 Å². The molecular weight excluding hydrogens is 336 g/mol. The van der Waals surface area contributed by atoms with Crippen LogP contribution >= 0.6 is 31.9 Å². The average molecular weight is 350 g/mol. The van der Waals surface area contributed by atoms with Gasteiger partial charge >= 0.3 is 0 Å². The Bertz CT molecular complexity index is 364. The van der Waals surface area contributed by atoms with Crippen LogP contribution in [0.2, 0.25) is 0 Å². The summed E-state index contributed by atoms with van der Waals surface area (Å²) in [5.74, 6) is 1.07. The maximum atomic E-state index is 11.3. The van der Waals surface area contributed by atoms with Crippen LogP contribution in [0.15, 0.2) is 18.2 Å². The van der Waals surface area contributed by atoms with Gasteiger partial charge in [0.15, 0.2) is 0 Å². The zero-order valence-electron chi connectivity index (χ0n) is 9.13. The average Bonchev–Trinajstić information content (AvgIpc) is 2.31. The molecule has 0 aliphatic rings. The van der Waals surface area contributed by atoms with Gasteiger partial charge in [-0.3, -0.25) is 4.79 Å². The molecule has 0 atom stereocenters. The number of Topliss-reactive ketones (excluding diaryl/α,β-unsaturated/α-hetero) is 1. The number of carbonyl (C=O) groups excluding carboxylic acids is 1. The lowest BCUT2D eigenvalue weighted by Crippen LogP contribution is -2.04. The van der Waals surface area contributed by atoms with Crippen LogP contribution in [0, 0.1) is 0 Å². The van der Waals surface area contributed by atoms with Crippen LogP contribution in [0.3, 0.4) is 0 Å². The van der Waals surface area contributed by atoms with Crippen molar-refractivity contribution in [3.63, 3.8) is 0 Å². The minimum Gasteiger partial charge on any atom is -0.494 e. The van der Waals surface area contributed by atoms with E-state index in [0.717, 1.165) is 22.2 Å². The zero-order chi connectivity index (χ0) is 12.0. The number of hydrogen-bond acceptors (Lipinski definition) is 2. The van der Waals surface area contributed by atoms with Crippen molar-refractivity contribution in [1.29, 1.82) is 0 Å². The maximum absolute atomic E-state index is 11.3. The highest BCUT2D eigenvalue weighted by atomic mass is 79.9. The Morgan fingerprint density at radius 1 is 1.38 bits per heavy atom. The number of carbonyl (C=O) groups is 1. The van der Waals surface area contributed by atoms with Crippen molar-refractivity contribution < 1.29 is 9.53 Å². The van der Waals surface area contributed by atoms with E-state index in [1.54, 1.807) is 0 Å². The molecule has 0 saturated heterocycles. The highest BCUT2D eigenvalue weighted by Crippen LogP contribution is 2.23. The van der Waals surface area contributed by atoms with E-state index in [2.05, 4.69) is 31.9 Å². The van der Waals surface area contributed by atoms with Crippen LogP contribution in [0.1, 0.15) is 18.1 Å². The van der Waals surface area contributed by atoms with Crippen molar-refractivity contribution in [2.75, 3.05) is 11.9 Å². The monoisotopic (exact) mass is 348 g/mol. The van der Waals surface area contributed by atoms with Crippen molar-refractivity contribution in [1.82, 2.24) is 0 Å². The van der Waals surface area contributed by atoms with Gasteiger partial charge in [-0.15, -0.1) is 0 Å². The third-order valence-corrected chi connectivity index (χ3v) is 3.35. The second kappa shape index (κ2) is 7.07. The summed E-state index contributed by atoms with van der Waals surface area (Å²) < 4.78 is 5.49. The van der Waals surface area contributed by atoms with Crippen LogP contribution in [-0.4, -0.2) is 17.7 Å². The molecular formula is C12H14Br2O2. The lowest BCUT2D eigenvalue weighted by atomic mass is 10.1. The molecule has 0 heterocycles. The van der Waals surface area contributed by atoms with E-state index in [1.165, 1.54) is 0 Å². The summed E-state index contributed by atoms with van der Waals surface area (Å²) in [7, 11) is 0. The molecule has 0 aromatic heterocycles. The molecule has 88 valence electrons. The molecule has 0 unspecified atom stereocenters. The Morgan fingerprint density at radius 2 is 2.12 bits per heavy atom. The van der Waals surface area contributed by atoms with Crippen LogP contribution in [0.25, 0.3) is 0 Å². The molecule has 0 saturated carbocycles. The summed E-state index contributed by atoms with van der Waals surface area (Å²) in [6.07, 6.45) is 0.470. The second-order valence-electron chi connectivity index (χ2n) is 3.36. The van der Waals surface area contributed by atoms with Gasteiger partial charge in [0.2, 0.25) is 0 Å². The molecule has 16 heavy (non-hydrogen) atoms. The summed E-state index contributed by atoms with van der Waals surface area (Å²) in [6.45, 7) is 2.61. The van der Waals surface area contributed by atoms with E-state index in [0.29, 0.717) is 18.4 Å². The van der Waals surface area contributed by atoms with Crippen LogP contribution in [0.5, 0.6) is 5.75 Å². The molecule has 2 nitrogen and oxygen atoms in total. The maximum Gasteiger partial charge on any atom is 0.147 e. The first kappa shape index (κ1) is 13.7. The Morgan fingerprint density at radius 3 is 2.69 bits per heavy atom. The molecule has 0 spiro atoms. The molecule has 0 aliphatic heterocycles. The predicted octanol–water partition coefficient (Wildman–Crippen LogP) is 3.49. The second-order valence-corrected chi connectivity index (χ2v) is 4.48. The number of hydrogen-bond donors (Lipinski definition) is 0. The fourth-order valence-electron chi connectivity index (χ4n) is 1.42. The van der Waals surface area contributed by atoms with E-state index in [-0.39, 0.29) is 5.78 Å². The molecule has 0 fully saturated rings. The number of ketones is 1. The topological polar surface area (TPSA) is 26.3 Å². The van der Waals surface area contributed by atoms with Crippen molar-refractivity contribution in [2.24, 2.45) is 0 Å². The standard InChI is InChI=1S/C12H14Br2O2/c1-2-16-12-4-3-9(5-10(12)7-13)6-11(15)8-14/h3-5H,2,6-8H2,1H3. The minimum absolute atomic E-state index is 0.185. The zero-order valence-corrected chi connectivity index (χ0v) is 12.3. The highest BCUT2D eigenvalue weighted by molar-refractivity contribution is 9.09. The number of halogens is 2. The van der Waals surface area contributed by atoms with Gasteiger partial charge in [-0.05, 0) is 18.6 Å². The Labute approximate surface area is 113 Å². The van der Waals surface area contributed by atoms with Gasteiger partial charge in [0, 0.05) is 17.3 Å². The van der Waals surface area contributed by atoms with E-state index in [9.17, 15) is 4.79 Å². The Kier molecular flexibility index (Phi) is 6.06. The molecule has 0 N–H and O–H groups in total. The molecule has 0 radical (unpaired) electrons. The first-order valence-electron chi connectivity index (χ1n) is 5.09. The van der Waals surface area contributed by atoms with Crippen LogP contribution in [-0.2, 0) is 16.5 Å². The van der Waals surface area contributed by atoms with Gasteiger partial charge in [-0.1, -0.05) is 44.0 Å². The number of rotatable bonds is 6. The molecule has 1 aromatic rings. The molecule has 0 amide bonds. The number of alkyl halides is 2. The summed E-state index contributed by atoms with van der Waals surface area (Å²) >= 11 is 6.59. The third-order valence-electron chi connectivity index (χ3n) is 2.12. The summed E-state index contributed by atoms with van der Waals surface area (Å²) in [5, 5.41) is 1.14. The molecule has 1 aromatic carbocycles.